The second-order valence-corrected chi connectivity index (χ2v) is 5.24. The number of carbonyl (C=O) groups excluding carboxylic acids is 2. The van der Waals surface area contributed by atoms with Crippen molar-refractivity contribution in [3.05, 3.63) is 0 Å². The zero-order valence-electron chi connectivity index (χ0n) is 11.7. The van der Waals surface area contributed by atoms with Gasteiger partial charge >= 0.3 is 12.1 Å². The number of hydrogen-bond donors (Lipinski definition) is 1. The van der Waals surface area contributed by atoms with E-state index in [1.807, 2.05) is 0 Å². The first-order valence-electron chi connectivity index (χ1n) is 6.49. The molecule has 0 aliphatic heterocycles. The number of carbonyl (C=O) groups is 2. The summed E-state index contributed by atoms with van der Waals surface area (Å²) >= 11 is 0. The van der Waals surface area contributed by atoms with Gasteiger partial charge in [-0.2, -0.15) is 0 Å². The lowest BCUT2D eigenvalue weighted by molar-refractivity contribution is -0.141. The van der Waals surface area contributed by atoms with Gasteiger partial charge in [-0.1, -0.05) is 19.3 Å². The lowest BCUT2D eigenvalue weighted by Crippen LogP contribution is -2.26. The third kappa shape index (κ3) is 11.4. The monoisotopic (exact) mass is 259 g/mol. The fourth-order valence-electron chi connectivity index (χ4n) is 1.36. The van der Waals surface area contributed by atoms with Crippen LogP contribution in [0, 0.1) is 0 Å². The molecule has 2 N–H and O–H groups in total. The Labute approximate surface area is 109 Å². The Morgan fingerprint density at radius 3 is 2.11 bits per heavy atom. The maximum absolute atomic E-state index is 11.3. The van der Waals surface area contributed by atoms with Crippen molar-refractivity contribution in [3.8, 4) is 0 Å². The predicted molar refractivity (Wildman–Crippen MR) is 69.1 cm³/mol. The normalized spacial score (nSPS) is 11.1. The molecule has 0 amide bonds. The quantitative estimate of drug-likeness (QED) is 0.432. The second-order valence-electron chi connectivity index (χ2n) is 5.24. The minimum absolute atomic E-state index is 0.252. The van der Waals surface area contributed by atoms with E-state index >= 15 is 0 Å². The number of esters is 1. The fourth-order valence-corrected chi connectivity index (χ4v) is 1.36. The van der Waals surface area contributed by atoms with Crippen molar-refractivity contribution in [3.63, 3.8) is 0 Å². The molecule has 0 fully saturated rings. The first-order valence-corrected chi connectivity index (χ1v) is 6.49. The van der Waals surface area contributed by atoms with Gasteiger partial charge in [-0.15, -0.1) is 0 Å². The first kappa shape index (κ1) is 16.9. The van der Waals surface area contributed by atoms with E-state index in [0.29, 0.717) is 6.54 Å². The molecule has 0 saturated carbocycles. The topological polar surface area (TPSA) is 78.6 Å². The van der Waals surface area contributed by atoms with Gasteiger partial charge in [0.25, 0.3) is 0 Å². The van der Waals surface area contributed by atoms with Crippen LogP contribution in [0.15, 0.2) is 0 Å². The first-order chi connectivity index (χ1) is 8.35. The number of unbranched alkanes of at least 4 members (excludes halogenated alkanes) is 4. The maximum Gasteiger partial charge on any atom is 0.516 e. The highest BCUT2D eigenvalue weighted by Crippen LogP contribution is 2.10. The Balaban J connectivity index is 3.56. The Hall–Kier alpha value is -1.10. The van der Waals surface area contributed by atoms with Crippen LogP contribution in [0.3, 0.4) is 0 Å². The zero-order chi connectivity index (χ0) is 14.0. The van der Waals surface area contributed by atoms with Gasteiger partial charge < -0.3 is 15.2 Å². The van der Waals surface area contributed by atoms with Crippen molar-refractivity contribution in [1.82, 2.24) is 0 Å². The van der Waals surface area contributed by atoms with Crippen LogP contribution >= 0.6 is 0 Å². The molecule has 0 aliphatic rings. The van der Waals surface area contributed by atoms with E-state index in [9.17, 15) is 9.59 Å². The molecule has 0 aromatic heterocycles. The van der Waals surface area contributed by atoms with Crippen LogP contribution in [-0.4, -0.2) is 24.3 Å². The summed E-state index contributed by atoms with van der Waals surface area (Å²) in [5, 5.41) is 0. The SMILES string of the molecule is CC(C)(C)OC(=O)OC(=O)CCCCCCCN. The Morgan fingerprint density at radius 2 is 1.56 bits per heavy atom. The molecule has 0 aliphatic carbocycles. The Kier molecular flexibility index (Phi) is 8.37. The summed E-state index contributed by atoms with van der Waals surface area (Å²) in [6.45, 7) is 5.86. The average molecular weight is 259 g/mol. The average Bonchev–Trinajstić information content (AvgIpc) is 2.20. The van der Waals surface area contributed by atoms with Gasteiger partial charge in [-0.25, -0.2) is 4.79 Å². The third-order valence-electron chi connectivity index (χ3n) is 2.17. The molecule has 18 heavy (non-hydrogen) atoms. The molecular weight excluding hydrogens is 234 g/mol. The predicted octanol–water partition coefficient (Wildman–Crippen LogP) is 2.76. The number of nitrogens with two attached hydrogens (primary N) is 1. The number of rotatable bonds is 7. The van der Waals surface area contributed by atoms with Crippen molar-refractivity contribution in [1.29, 1.82) is 0 Å². The van der Waals surface area contributed by atoms with Gasteiger partial charge in [0.15, 0.2) is 0 Å². The Bertz CT molecular complexity index is 258. The summed E-state index contributed by atoms with van der Waals surface area (Å²) in [7, 11) is 0. The minimum atomic E-state index is -0.921. The second kappa shape index (κ2) is 8.91. The summed E-state index contributed by atoms with van der Waals surface area (Å²) in [5.41, 5.74) is 4.73. The van der Waals surface area contributed by atoms with Crippen LogP contribution in [0.25, 0.3) is 0 Å². The van der Waals surface area contributed by atoms with E-state index in [0.717, 1.165) is 32.1 Å². The molecule has 0 rings (SSSR count). The fraction of sp³-hybridized carbons (Fsp3) is 0.846. The summed E-state index contributed by atoms with van der Waals surface area (Å²) in [4.78, 5) is 22.4. The van der Waals surface area contributed by atoms with Crippen LogP contribution in [0.5, 0.6) is 0 Å². The van der Waals surface area contributed by atoms with Gasteiger partial charge in [0.1, 0.15) is 5.60 Å². The molecule has 0 spiro atoms. The molecule has 5 nitrogen and oxygen atoms in total. The summed E-state index contributed by atoms with van der Waals surface area (Å²) < 4.78 is 9.41. The van der Waals surface area contributed by atoms with Crippen LogP contribution in [0.4, 0.5) is 4.79 Å². The largest absolute Gasteiger partial charge is 0.516 e. The number of ether oxygens (including phenoxy) is 2. The molecule has 0 saturated heterocycles. The molecule has 0 radical (unpaired) electrons. The van der Waals surface area contributed by atoms with Crippen LogP contribution in [0.2, 0.25) is 0 Å². The van der Waals surface area contributed by atoms with Gasteiger partial charge in [0.05, 0.1) is 0 Å². The minimum Gasteiger partial charge on any atom is -0.428 e. The number of hydrogen-bond acceptors (Lipinski definition) is 5. The molecule has 0 aromatic carbocycles. The van der Waals surface area contributed by atoms with E-state index in [2.05, 4.69) is 4.74 Å². The molecule has 0 bridgehead atoms. The Morgan fingerprint density at radius 1 is 1.00 bits per heavy atom. The lowest BCUT2D eigenvalue weighted by atomic mass is 10.1. The van der Waals surface area contributed by atoms with Crippen molar-refractivity contribution in [2.45, 2.75) is 64.9 Å². The standard InChI is InChI=1S/C13H25NO4/c1-13(2,3)18-12(16)17-11(15)9-7-5-4-6-8-10-14/h4-10,14H2,1-3H3. The van der Waals surface area contributed by atoms with E-state index in [4.69, 9.17) is 10.5 Å². The van der Waals surface area contributed by atoms with Crippen LogP contribution in [-0.2, 0) is 14.3 Å². The molecule has 0 aromatic rings. The van der Waals surface area contributed by atoms with Gasteiger partial charge in [-0.05, 0) is 40.2 Å². The highest BCUT2D eigenvalue weighted by atomic mass is 16.7. The molecular formula is C13H25NO4. The molecule has 106 valence electrons. The van der Waals surface area contributed by atoms with Crippen LogP contribution in [0.1, 0.15) is 59.3 Å². The maximum atomic E-state index is 11.3. The summed E-state index contributed by atoms with van der Waals surface area (Å²) in [6, 6.07) is 0. The van der Waals surface area contributed by atoms with E-state index in [1.165, 1.54) is 0 Å². The molecule has 0 heterocycles. The van der Waals surface area contributed by atoms with Crippen molar-refractivity contribution < 1.29 is 19.1 Å². The zero-order valence-corrected chi connectivity index (χ0v) is 11.7. The van der Waals surface area contributed by atoms with E-state index in [1.54, 1.807) is 20.8 Å². The van der Waals surface area contributed by atoms with Crippen molar-refractivity contribution in [2.75, 3.05) is 6.54 Å². The van der Waals surface area contributed by atoms with E-state index < -0.39 is 17.7 Å². The third-order valence-corrected chi connectivity index (χ3v) is 2.17. The van der Waals surface area contributed by atoms with Crippen LogP contribution < -0.4 is 5.73 Å². The van der Waals surface area contributed by atoms with Gasteiger partial charge in [-0.3, -0.25) is 4.79 Å². The van der Waals surface area contributed by atoms with Gasteiger partial charge in [0, 0.05) is 6.42 Å². The molecule has 5 heteroatoms. The molecule has 0 atom stereocenters. The smallest absolute Gasteiger partial charge is 0.428 e. The highest BCUT2D eigenvalue weighted by molar-refractivity contribution is 5.81. The van der Waals surface area contributed by atoms with Crippen molar-refractivity contribution in [2.24, 2.45) is 5.73 Å². The summed E-state index contributed by atoms with van der Waals surface area (Å²) in [6.07, 6.45) is 4.16. The summed E-state index contributed by atoms with van der Waals surface area (Å²) in [5.74, 6) is -0.525. The lowest BCUT2D eigenvalue weighted by Gasteiger charge is -2.18. The van der Waals surface area contributed by atoms with E-state index in [-0.39, 0.29) is 6.42 Å². The highest BCUT2D eigenvalue weighted by Gasteiger charge is 2.19. The molecule has 0 unspecified atom stereocenters. The van der Waals surface area contributed by atoms with Gasteiger partial charge in [0.2, 0.25) is 0 Å². The van der Waals surface area contributed by atoms with Crippen molar-refractivity contribution >= 4 is 12.1 Å².